The zero-order valence-corrected chi connectivity index (χ0v) is 8.68. The summed E-state index contributed by atoms with van der Waals surface area (Å²) in [5.74, 6) is 0. The largest absolute Gasteiger partial charge is 0.387 e. The Labute approximate surface area is 87.7 Å². The molecule has 0 aliphatic heterocycles. The van der Waals surface area contributed by atoms with Crippen LogP contribution in [-0.4, -0.2) is 18.7 Å². The van der Waals surface area contributed by atoms with Gasteiger partial charge >= 0.3 is 0 Å². The number of rotatable bonds is 4. The zero-order chi connectivity index (χ0) is 10.6. The number of halogens is 2. The summed E-state index contributed by atoms with van der Waals surface area (Å²) in [6.45, 7) is -0.114. The molecule has 1 unspecified atom stereocenters. The third-order valence-corrected chi connectivity index (χ3v) is 2.30. The fourth-order valence-corrected chi connectivity index (χ4v) is 1.56. The van der Waals surface area contributed by atoms with Crippen LogP contribution in [0.3, 0.4) is 0 Å². The van der Waals surface area contributed by atoms with Crippen molar-refractivity contribution < 1.29 is 9.50 Å². The van der Waals surface area contributed by atoms with Crippen LogP contribution >= 0.6 is 11.6 Å². The van der Waals surface area contributed by atoms with E-state index in [1.54, 1.807) is 19.2 Å². The Morgan fingerprint density at radius 2 is 2.29 bits per heavy atom. The van der Waals surface area contributed by atoms with Crippen LogP contribution < -0.4 is 5.32 Å². The zero-order valence-electron chi connectivity index (χ0n) is 7.93. The van der Waals surface area contributed by atoms with Crippen molar-refractivity contribution in [3.63, 3.8) is 0 Å². The molecule has 0 amide bonds. The van der Waals surface area contributed by atoms with Crippen LogP contribution in [0.2, 0.25) is 5.02 Å². The van der Waals surface area contributed by atoms with Crippen LogP contribution in [0, 0.1) is 0 Å². The van der Waals surface area contributed by atoms with Crippen molar-refractivity contribution in [2.24, 2.45) is 0 Å². The van der Waals surface area contributed by atoms with E-state index >= 15 is 0 Å². The molecular weight excluding hydrogens is 205 g/mol. The molecule has 0 fully saturated rings. The molecule has 1 rings (SSSR count). The molecular formula is C10H13ClFNO. The first-order valence-electron chi connectivity index (χ1n) is 4.36. The van der Waals surface area contributed by atoms with Gasteiger partial charge in [-0.3, -0.25) is 0 Å². The van der Waals surface area contributed by atoms with Crippen LogP contribution in [0.25, 0.3) is 0 Å². The first kappa shape index (κ1) is 11.4. The molecule has 1 atom stereocenters. The molecule has 0 aliphatic carbocycles. The highest BCUT2D eigenvalue weighted by molar-refractivity contribution is 6.31. The Balaban J connectivity index is 2.88. The molecule has 0 radical (unpaired) electrons. The van der Waals surface area contributed by atoms with E-state index in [2.05, 4.69) is 5.32 Å². The number of aliphatic hydroxyl groups is 1. The summed E-state index contributed by atoms with van der Waals surface area (Å²) in [5.41, 5.74) is 1.15. The van der Waals surface area contributed by atoms with Crippen molar-refractivity contribution in [3.05, 3.63) is 34.3 Å². The van der Waals surface area contributed by atoms with Crippen molar-refractivity contribution >= 4 is 11.6 Å². The summed E-state index contributed by atoms with van der Waals surface area (Å²) >= 11 is 5.88. The molecule has 2 N–H and O–H groups in total. The molecule has 78 valence electrons. The van der Waals surface area contributed by atoms with Crippen molar-refractivity contribution in [1.29, 1.82) is 0 Å². The van der Waals surface area contributed by atoms with Crippen LogP contribution in [-0.2, 0) is 6.67 Å². The number of likely N-dealkylation sites (N-methyl/N-ethyl adjacent to an activating group) is 1. The third-order valence-electron chi connectivity index (χ3n) is 1.98. The molecule has 4 heteroatoms. The molecule has 0 bridgehead atoms. The predicted molar refractivity (Wildman–Crippen MR) is 55.2 cm³/mol. The van der Waals surface area contributed by atoms with Gasteiger partial charge in [-0.1, -0.05) is 23.7 Å². The maximum Gasteiger partial charge on any atom is 0.115 e. The Hall–Kier alpha value is -0.640. The third kappa shape index (κ3) is 2.67. The normalized spacial score (nSPS) is 12.9. The lowest BCUT2D eigenvalue weighted by Crippen LogP contribution is -2.16. The molecule has 0 saturated heterocycles. The van der Waals surface area contributed by atoms with E-state index < -0.39 is 12.8 Å². The van der Waals surface area contributed by atoms with Crippen molar-refractivity contribution in [2.75, 3.05) is 13.6 Å². The van der Waals surface area contributed by atoms with Gasteiger partial charge in [0.05, 0.1) is 6.10 Å². The minimum atomic E-state index is -0.652. The lowest BCUT2D eigenvalue weighted by Gasteiger charge is -2.12. The molecule has 0 saturated carbocycles. The second-order valence-corrected chi connectivity index (χ2v) is 3.47. The average Bonchev–Trinajstić information content (AvgIpc) is 2.17. The van der Waals surface area contributed by atoms with Gasteiger partial charge in [0.25, 0.3) is 0 Å². The summed E-state index contributed by atoms with van der Waals surface area (Å²) in [6.07, 6.45) is -0.652. The predicted octanol–water partition coefficient (Wildman–Crippen LogP) is 2.06. The topological polar surface area (TPSA) is 32.3 Å². The quantitative estimate of drug-likeness (QED) is 0.809. The highest BCUT2D eigenvalue weighted by atomic mass is 35.5. The van der Waals surface area contributed by atoms with Crippen molar-refractivity contribution in [2.45, 2.75) is 12.8 Å². The summed E-state index contributed by atoms with van der Waals surface area (Å²) in [7, 11) is 1.74. The number of hydrogen-bond donors (Lipinski definition) is 2. The fraction of sp³-hybridized carbons (Fsp3) is 0.400. The second-order valence-electron chi connectivity index (χ2n) is 3.06. The standard InChI is InChI=1S/C10H13ClFNO/c1-13-6-10(14)8-3-2-7(5-12)4-9(8)11/h2-4,10,13-14H,5-6H2,1H3. The highest BCUT2D eigenvalue weighted by Crippen LogP contribution is 2.24. The van der Waals surface area contributed by atoms with Crippen molar-refractivity contribution in [3.8, 4) is 0 Å². The van der Waals surface area contributed by atoms with E-state index in [1.807, 2.05) is 0 Å². The SMILES string of the molecule is CNCC(O)c1ccc(CF)cc1Cl. The summed E-state index contributed by atoms with van der Waals surface area (Å²) in [4.78, 5) is 0. The van der Waals surface area contributed by atoms with E-state index in [0.29, 0.717) is 22.7 Å². The Morgan fingerprint density at radius 1 is 1.57 bits per heavy atom. The van der Waals surface area contributed by atoms with Gasteiger partial charge in [-0.2, -0.15) is 0 Å². The van der Waals surface area contributed by atoms with Gasteiger partial charge in [0.1, 0.15) is 6.67 Å². The lowest BCUT2D eigenvalue weighted by molar-refractivity contribution is 0.178. The number of aliphatic hydroxyl groups excluding tert-OH is 1. The van der Waals surface area contributed by atoms with Crippen molar-refractivity contribution in [1.82, 2.24) is 5.32 Å². The van der Waals surface area contributed by atoms with Gasteiger partial charge in [0.15, 0.2) is 0 Å². The molecule has 1 aromatic carbocycles. The van der Waals surface area contributed by atoms with E-state index in [1.165, 1.54) is 6.07 Å². The smallest absolute Gasteiger partial charge is 0.115 e. The monoisotopic (exact) mass is 217 g/mol. The van der Waals surface area contributed by atoms with Crippen LogP contribution in [0.15, 0.2) is 18.2 Å². The first-order chi connectivity index (χ1) is 6.69. The van der Waals surface area contributed by atoms with Gasteiger partial charge in [0.2, 0.25) is 0 Å². The molecule has 0 heterocycles. The minimum absolute atomic E-state index is 0.405. The summed E-state index contributed by atoms with van der Waals surface area (Å²) < 4.78 is 12.3. The van der Waals surface area contributed by atoms with E-state index in [4.69, 9.17) is 11.6 Å². The Kier molecular flexibility index (Phi) is 4.32. The minimum Gasteiger partial charge on any atom is -0.387 e. The maximum absolute atomic E-state index is 12.3. The number of hydrogen-bond acceptors (Lipinski definition) is 2. The van der Waals surface area contributed by atoms with Gasteiger partial charge in [0, 0.05) is 17.1 Å². The number of alkyl halides is 1. The summed E-state index contributed by atoms with van der Waals surface area (Å²) in [5, 5.41) is 12.9. The maximum atomic E-state index is 12.3. The Morgan fingerprint density at radius 3 is 2.79 bits per heavy atom. The first-order valence-corrected chi connectivity index (χ1v) is 4.73. The molecule has 0 aliphatic rings. The highest BCUT2D eigenvalue weighted by Gasteiger charge is 2.10. The molecule has 0 spiro atoms. The van der Waals surface area contributed by atoms with Gasteiger partial charge in [-0.15, -0.1) is 0 Å². The van der Waals surface area contributed by atoms with Gasteiger partial charge in [-0.25, -0.2) is 4.39 Å². The average molecular weight is 218 g/mol. The van der Waals surface area contributed by atoms with E-state index in [0.717, 1.165) is 0 Å². The van der Waals surface area contributed by atoms with Crippen LogP contribution in [0.1, 0.15) is 17.2 Å². The fourth-order valence-electron chi connectivity index (χ4n) is 1.23. The Bertz CT molecular complexity index is 306. The summed E-state index contributed by atoms with van der Waals surface area (Å²) in [6, 6.07) is 4.81. The van der Waals surface area contributed by atoms with Gasteiger partial charge < -0.3 is 10.4 Å². The van der Waals surface area contributed by atoms with Crippen LogP contribution in [0.4, 0.5) is 4.39 Å². The molecule has 14 heavy (non-hydrogen) atoms. The van der Waals surface area contributed by atoms with E-state index in [9.17, 15) is 9.50 Å². The number of benzene rings is 1. The van der Waals surface area contributed by atoms with E-state index in [-0.39, 0.29) is 0 Å². The van der Waals surface area contributed by atoms with Gasteiger partial charge in [-0.05, 0) is 18.7 Å². The number of nitrogens with one attached hydrogen (secondary N) is 1. The molecule has 1 aromatic rings. The second kappa shape index (κ2) is 5.29. The lowest BCUT2D eigenvalue weighted by atomic mass is 10.1. The molecule has 0 aromatic heterocycles. The van der Waals surface area contributed by atoms with Crippen LogP contribution in [0.5, 0.6) is 0 Å². The molecule has 2 nitrogen and oxygen atoms in total.